The summed E-state index contributed by atoms with van der Waals surface area (Å²) in [4.78, 5) is 4.17. The second kappa shape index (κ2) is 10.6. The fourth-order valence-corrected chi connectivity index (χ4v) is 1.50. The van der Waals surface area contributed by atoms with Gasteiger partial charge in [0.2, 0.25) is 0 Å². The van der Waals surface area contributed by atoms with Gasteiger partial charge in [0.15, 0.2) is 0 Å². The van der Waals surface area contributed by atoms with Crippen molar-refractivity contribution in [2.75, 3.05) is 6.54 Å². The lowest BCUT2D eigenvalue weighted by molar-refractivity contribution is 0.578. The molecule has 2 heteroatoms. The summed E-state index contributed by atoms with van der Waals surface area (Å²) >= 11 is 0. The van der Waals surface area contributed by atoms with E-state index < -0.39 is 0 Å². The topological polar surface area (TPSA) is 38.4 Å². The third-order valence-electron chi connectivity index (χ3n) is 2.37. The molecule has 0 aromatic heterocycles. The molecule has 0 aliphatic rings. The Hall–Kier alpha value is -0.530. The first-order chi connectivity index (χ1) is 6.77. The number of nitrogens with zero attached hydrogens (tertiary/aromatic N) is 1. The van der Waals surface area contributed by atoms with Gasteiger partial charge in [-0.05, 0) is 13.3 Å². The van der Waals surface area contributed by atoms with Crippen molar-refractivity contribution in [3.63, 3.8) is 0 Å². The van der Waals surface area contributed by atoms with E-state index in [0.29, 0.717) is 5.84 Å². The molecule has 0 unspecified atom stereocenters. The Morgan fingerprint density at radius 1 is 0.929 bits per heavy atom. The van der Waals surface area contributed by atoms with Crippen molar-refractivity contribution in [1.82, 2.24) is 0 Å². The van der Waals surface area contributed by atoms with Gasteiger partial charge < -0.3 is 5.73 Å². The highest BCUT2D eigenvalue weighted by molar-refractivity contribution is 5.77. The molecule has 0 aromatic rings. The molecule has 0 heterocycles. The van der Waals surface area contributed by atoms with Crippen LogP contribution in [0, 0.1) is 0 Å². The van der Waals surface area contributed by atoms with E-state index in [0.717, 1.165) is 6.54 Å². The maximum absolute atomic E-state index is 5.44. The first-order valence-corrected chi connectivity index (χ1v) is 6.04. The normalized spacial score (nSPS) is 12.0. The summed E-state index contributed by atoms with van der Waals surface area (Å²) in [5.41, 5.74) is 5.44. The molecule has 0 bridgehead atoms. The predicted molar refractivity (Wildman–Crippen MR) is 64.8 cm³/mol. The number of unbranched alkanes of at least 4 members (excludes halogenated alkanes) is 7. The minimum absolute atomic E-state index is 0.716. The van der Waals surface area contributed by atoms with Gasteiger partial charge in [0, 0.05) is 6.54 Å². The maximum atomic E-state index is 5.44. The van der Waals surface area contributed by atoms with E-state index in [2.05, 4.69) is 11.9 Å². The van der Waals surface area contributed by atoms with Crippen molar-refractivity contribution >= 4 is 5.84 Å². The van der Waals surface area contributed by atoms with Crippen molar-refractivity contribution < 1.29 is 0 Å². The van der Waals surface area contributed by atoms with Crippen LogP contribution in [0.3, 0.4) is 0 Å². The molecule has 0 aliphatic carbocycles. The monoisotopic (exact) mass is 198 g/mol. The summed E-state index contributed by atoms with van der Waals surface area (Å²) in [6.07, 6.45) is 10.8. The van der Waals surface area contributed by atoms with Crippen LogP contribution in [0.1, 0.15) is 65.2 Å². The fourth-order valence-electron chi connectivity index (χ4n) is 1.50. The Labute approximate surface area is 89.0 Å². The molecule has 84 valence electrons. The Morgan fingerprint density at radius 3 is 1.93 bits per heavy atom. The Morgan fingerprint density at radius 2 is 1.43 bits per heavy atom. The molecule has 0 fully saturated rings. The third-order valence-corrected chi connectivity index (χ3v) is 2.37. The highest BCUT2D eigenvalue weighted by Crippen LogP contribution is 2.08. The van der Waals surface area contributed by atoms with Crippen LogP contribution in [0.25, 0.3) is 0 Å². The van der Waals surface area contributed by atoms with Crippen LogP contribution in [-0.2, 0) is 0 Å². The van der Waals surface area contributed by atoms with Gasteiger partial charge in [-0.3, -0.25) is 4.99 Å². The number of amidine groups is 1. The first-order valence-electron chi connectivity index (χ1n) is 6.04. The third kappa shape index (κ3) is 11.5. The van der Waals surface area contributed by atoms with E-state index in [1.807, 2.05) is 6.92 Å². The zero-order chi connectivity index (χ0) is 10.6. The van der Waals surface area contributed by atoms with E-state index in [1.54, 1.807) is 0 Å². The van der Waals surface area contributed by atoms with E-state index >= 15 is 0 Å². The van der Waals surface area contributed by atoms with Gasteiger partial charge in [0.1, 0.15) is 0 Å². The van der Waals surface area contributed by atoms with Gasteiger partial charge >= 0.3 is 0 Å². The van der Waals surface area contributed by atoms with E-state index in [9.17, 15) is 0 Å². The summed E-state index contributed by atoms with van der Waals surface area (Å²) in [6, 6.07) is 0. The number of aliphatic imine (C=N–C) groups is 1. The van der Waals surface area contributed by atoms with Gasteiger partial charge in [-0.2, -0.15) is 0 Å². The van der Waals surface area contributed by atoms with Gasteiger partial charge in [-0.15, -0.1) is 0 Å². The minimum atomic E-state index is 0.716. The lowest BCUT2D eigenvalue weighted by atomic mass is 10.1. The van der Waals surface area contributed by atoms with Crippen LogP contribution >= 0.6 is 0 Å². The molecule has 0 aliphatic heterocycles. The molecule has 0 saturated carbocycles. The number of hydrogen-bond acceptors (Lipinski definition) is 1. The summed E-state index contributed by atoms with van der Waals surface area (Å²) in [6.45, 7) is 5.02. The second-order valence-corrected chi connectivity index (χ2v) is 4.00. The van der Waals surface area contributed by atoms with Crippen molar-refractivity contribution in [1.29, 1.82) is 0 Å². The molecule has 14 heavy (non-hydrogen) atoms. The Balaban J connectivity index is 2.96. The lowest BCUT2D eigenvalue weighted by Crippen LogP contribution is -2.05. The van der Waals surface area contributed by atoms with E-state index in [4.69, 9.17) is 5.73 Å². The average molecular weight is 198 g/mol. The summed E-state index contributed by atoms with van der Waals surface area (Å²) in [7, 11) is 0. The van der Waals surface area contributed by atoms with Crippen LogP contribution in [0.4, 0.5) is 0 Å². The molecule has 0 saturated heterocycles. The van der Waals surface area contributed by atoms with E-state index in [1.165, 1.54) is 51.4 Å². The molecule has 2 nitrogen and oxygen atoms in total. The Kier molecular flexibility index (Phi) is 10.2. The van der Waals surface area contributed by atoms with E-state index in [-0.39, 0.29) is 0 Å². The van der Waals surface area contributed by atoms with Crippen LogP contribution < -0.4 is 5.73 Å². The number of nitrogens with two attached hydrogens (primary N) is 1. The molecular formula is C12H26N2. The predicted octanol–water partition coefficient (Wildman–Crippen LogP) is 3.50. The number of hydrogen-bond donors (Lipinski definition) is 1. The molecule has 0 atom stereocenters. The molecular weight excluding hydrogens is 172 g/mol. The summed E-state index contributed by atoms with van der Waals surface area (Å²) in [5.74, 6) is 0.716. The van der Waals surface area contributed by atoms with Crippen LogP contribution in [0.15, 0.2) is 4.99 Å². The summed E-state index contributed by atoms with van der Waals surface area (Å²) < 4.78 is 0. The van der Waals surface area contributed by atoms with Gasteiger partial charge in [0.05, 0.1) is 5.84 Å². The minimum Gasteiger partial charge on any atom is -0.388 e. The second-order valence-electron chi connectivity index (χ2n) is 4.00. The Bertz CT molecular complexity index is 137. The fraction of sp³-hybridized carbons (Fsp3) is 0.917. The highest BCUT2D eigenvalue weighted by atomic mass is 14.8. The van der Waals surface area contributed by atoms with Crippen LogP contribution in [-0.4, -0.2) is 12.4 Å². The molecule has 0 spiro atoms. The van der Waals surface area contributed by atoms with Crippen molar-refractivity contribution in [2.45, 2.75) is 65.2 Å². The molecule has 0 radical (unpaired) electrons. The molecule has 0 rings (SSSR count). The largest absolute Gasteiger partial charge is 0.388 e. The summed E-state index contributed by atoms with van der Waals surface area (Å²) in [5, 5.41) is 0. The highest BCUT2D eigenvalue weighted by Gasteiger charge is 1.90. The van der Waals surface area contributed by atoms with Gasteiger partial charge in [-0.25, -0.2) is 0 Å². The number of rotatable bonds is 9. The first kappa shape index (κ1) is 13.5. The maximum Gasteiger partial charge on any atom is 0.0905 e. The van der Waals surface area contributed by atoms with Crippen molar-refractivity contribution in [3.05, 3.63) is 0 Å². The standard InChI is InChI=1S/C12H26N2/c1-3-4-5-6-7-8-9-10-11-14-12(2)13/h3-11H2,1-2H3,(H2,13,14). The van der Waals surface area contributed by atoms with Crippen molar-refractivity contribution in [3.8, 4) is 0 Å². The van der Waals surface area contributed by atoms with Crippen LogP contribution in [0.2, 0.25) is 0 Å². The molecule has 0 amide bonds. The zero-order valence-corrected chi connectivity index (χ0v) is 9.89. The zero-order valence-electron chi connectivity index (χ0n) is 9.89. The lowest BCUT2D eigenvalue weighted by Gasteiger charge is -1.99. The smallest absolute Gasteiger partial charge is 0.0905 e. The van der Waals surface area contributed by atoms with Crippen molar-refractivity contribution in [2.24, 2.45) is 10.7 Å². The SMILES string of the molecule is CCCCCCCCCCN=C(C)N. The quantitative estimate of drug-likeness (QED) is 0.344. The van der Waals surface area contributed by atoms with Crippen LogP contribution in [0.5, 0.6) is 0 Å². The molecule has 2 N–H and O–H groups in total. The molecule has 0 aromatic carbocycles. The average Bonchev–Trinajstić information content (AvgIpc) is 2.15. The van der Waals surface area contributed by atoms with Gasteiger partial charge in [-0.1, -0.05) is 51.9 Å². The van der Waals surface area contributed by atoms with Gasteiger partial charge in [0.25, 0.3) is 0 Å².